The highest BCUT2D eigenvalue weighted by Gasteiger charge is 2.17. The molecule has 1 unspecified atom stereocenters. The molecule has 0 saturated carbocycles. The van der Waals surface area contributed by atoms with Crippen molar-refractivity contribution in [1.29, 1.82) is 0 Å². The lowest BCUT2D eigenvalue weighted by molar-refractivity contribution is 0.114. The van der Waals surface area contributed by atoms with Gasteiger partial charge in [-0.3, -0.25) is 0 Å². The van der Waals surface area contributed by atoms with Crippen molar-refractivity contribution in [3.8, 4) is 0 Å². The van der Waals surface area contributed by atoms with E-state index in [1.807, 2.05) is 20.8 Å². The molecule has 1 rings (SSSR count). The lowest BCUT2D eigenvalue weighted by Crippen LogP contribution is -2.28. The maximum atomic E-state index is 10.2. The number of aromatic nitrogens is 2. The van der Waals surface area contributed by atoms with Crippen LogP contribution < -0.4 is 11.1 Å². The number of nitrogens with one attached hydrogen (secondary N) is 1. The lowest BCUT2D eigenvalue weighted by Gasteiger charge is -2.21. The van der Waals surface area contributed by atoms with Crippen LogP contribution in [0.2, 0.25) is 0 Å². The van der Waals surface area contributed by atoms with Crippen LogP contribution in [0.25, 0.3) is 0 Å². The topological polar surface area (TPSA) is 84.1 Å². The Morgan fingerprint density at radius 2 is 1.80 bits per heavy atom. The standard InChI is InChI=1S/C15H28N4O/c1-6-11(7-2)12(20)8-17-15-10(5)13(16)18-14(19-15)9(3)4/h9,11-12,20H,6-8H2,1-5H3,(H3,16,17,18,19). The fourth-order valence-electron chi connectivity index (χ4n) is 2.18. The van der Waals surface area contributed by atoms with Crippen molar-refractivity contribution < 1.29 is 5.11 Å². The average molecular weight is 280 g/mol. The molecular formula is C15H28N4O. The normalized spacial score (nSPS) is 13.0. The first-order chi connectivity index (χ1) is 9.40. The minimum Gasteiger partial charge on any atom is -0.391 e. The summed E-state index contributed by atoms with van der Waals surface area (Å²) in [5.41, 5.74) is 6.76. The van der Waals surface area contributed by atoms with Crippen LogP contribution in [-0.4, -0.2) is 27.7 Å². The van der Waals surface area contributed by atoms with Crippen LogP contribution in [0.3, 0.4) is 0 Å². The second-order valence-electron chi connectivity index (χ2n) is 5.62. The third kappa shape index (κ3) is 4.07. The molecular weight excluding hydrogens is 252 g/mol. The molecule has 0 fully saturated rings. The van der Waals surface area contributed by atoms with E-state index in [4.69, 9.17) is 5.73 Å². The van der Waals surface area contributed by atoms with E-state index in [1.54, 1.807) is 0 Å². The summed E-state index contributed by atoms with van der Waals surface area (Å²) in [6, 6.07) is 0. The number of nitrogens with two attached hydrogens (primary N) is 1. The molecule has 5 nitrogen and oxygen atoms in total. The van der Waals surface area contributed by atoms with Crippen molar-refractivity contribution in [2.24, 2.45) is 5.92 Å². The van der Waals surface area contributed by atoms with Gasteiger partial charge < -0.3 is 16.2 Å². The largest absolute Gasteiger partial charge is 0.391 e. The van der Waals surface area contributed by atoms with Crippen molar-refractivity contribution >= 4 is 11.6 Å². The summed E-state index contributed by atoms with van der Waals surface area (Å²) in [7, 11) is 0. The second kappa shape index (κ2) is 7.43. The molecule has 1 aromatic heterocycles. The fourth-order valence-corrected chi connectivity index (χ4v) is 2.18. The van der Waals surface area contributed by atoms with Gasteiger partial charge in [-0.05, 0) is 12.8 Å². The van der Waals surface area contributed by atoms with Crippen molar-refractivity contribution in [2.45, 2.75) is 59.5 Å². The highest BCUT2D eigenvalue weighted by molar-refractivity contribution is 5.55. The van der Waals surface area contributed by atoms with Gasteiger partial charge in [-0.1, -0.05) is 40.5 Å². The van der Waals surface area contributed by atoms with Crippen molar-refractivity contribution in [3.05, 3.63) is 11.4 Å². The molecule has 4 N–H and O–H groups in total. The molecule has 0 radical (unpaired) electrons. The van der Waals surface area contributed by atoms with Crippen LogP contribution in [0.15, 0.2) is 0 Å². The van der Waals surface area contributed by atoms with E-state index in [0.717, 1.165) is 30.0 Å². The molecule has 114 valence electrons. The van der Waals surface area contributed by atoms with E-state index in [-0.39, 0.29) is 12.0 Å². The molecule has 0 aliphatic heterocycles. The highest BCUT2D eigenvalue weighted by Crippen LogP contribution is 2.21. The number of hydrogen-bond acceptors (Lipinski definition) is 5. The van der Waals surface area contributed by atoms with E-state index in [2.05, 4.69) is 29.1 Å². The van der Waals surface area contributed by atoms with Gasteiger partial charge in [0.25, 0.3) is 0 Å². The number of rotatable bonds is 7. The zero-order valence-corrected chi connectivity index (χ0v) is 13.3. The van der Waals surface area contributed by atoms with Crippen LogP contribution in [0.1, 0.15) is 57.8 Å². The van der Waals surface area contributed by atoms with Gasteiger partial charge in [0.1, 0.15) is 17.5 Å². The number of hydrogen-bond donors (Lipinski definition) is 3. The molecule has 1 aromatic rings. The monoisotopic (exact) mass is 280 g/mol. The smallest absolute Gasteiger partial charge is 0.135 e. The Hall–Kier alpha value is -1.36. The third-order valence-corrected chi connectivity index (χ3v) is 3.79. The number of aliphatic hydroxyl groups is 1. The first kappa shape index (κ1) is 16.7. The van der Waals surface area contributed by atoms with E-state index >= 15 is 0 Å². The Morgan fingerprint density at radius 3 is 2.30 bits per heavy atom. The molecule has 0 bridgehead atoms. The van der Waals surface area contributed by atoms with Crippen molar-refractivity contribution in [2.75, 3.05) is 17.6 Å². The van der Waals surface area contributed by atoms with Crippen molar-refractivity contribution in [1.82, 2.24) is 9.97 Å². The average Bonchev–Trinajstić information content (AvgIpc) is 2.41. The predicted molar refractivity (Wildman–Crippen MR) is 83.8 cm³/mol. The number of nitrogen functional groups attached to an aromatic ring is 1. The van der Waals surface area contributed by atoms with Gasteiger partial charge >= 0.3 is 0 Å². The molecule has 0 aliphatic carbocycles. The summed E-state index contributed by atoms with van der Waals surface area (Å²) in [6.07, 6.45) is 1.58. The Balaban J connectivity index is 2.82. The SMILES string of the molecule is CCC(CC)C(O)CNc1nc(C(C)C)nc(N)c1C. The molecule has 1 heterocycles. The van der Waals surface area contributed by atoms with Crippen LogP contribution in [0, 0.1) is 12.8 Å². The van der Waals surface area contributed by atoms with E-state index in [0.29, 0.717) is 18.3 Å². The maximum Gasteiger partial charge on any atom is 0.135 e. The minimum atomic E-state index is -0.372. The lowest BCUT2D eigenvalue weighted by atomic mass is 9.96. The van der Waals surface area contributed by atoms with Gasteiger partial charge in [-0.2, -0.15) is 0 Å². The van der Waals surface area contributed by atoms with Gasteiger partial charge in [-0.25, -0.2) is 9.97 Å². The first-order valence-electron chi connectivity index (χ1n) is 7.46. The van der Waals surface area contributed by atoms with E-state index in [1.165, 1.54) is 0 Å². The predicted octanol–water partition coefficient (Wildman–Crippen LogP) is 2.70. The van der Waals surface area contributed by atoms with E-state index in [9.17, 15) is 5.11 Å². The quantitative estimate of drug-likeness (QED) is 0.715. The summed E-state index contributed by atoms with van der Waals surface area (Å²) in [5.74, 6) is 2.50. The number of anilines is 2. The first-order valence-corrected chi connectivity index (χ1v) is 7.46. The summed E-state index contributed by atoms with van der Waals surface area (Å²) < 4.78 is 0. The number of aliphatic hydroxyl groups excluding tert-OH is 1. The zero-order valence-electron chi connectivity index (χ0n) is 13.3. The molecule has 0 aromatic carbocycles. The van der Waals surface area contributed by atoms with Gasteiger partial charge in [0.15, 0.2) is 0 Å². The van der Waals surface area contributed by atoms with Crippen molar-refractivity contribution in [3.63, 3.8) is 0 Å². The highest BCUT2D eigenvalue weighted by atomic mass is 16.3. The third-order valence-electron chi connectivity index (χ3n) is 3.79. The van der Waals surface area contributed by atoms with Crippen LogP contribution in [-0.2, 0) is 0 Å². The molecule has 0 spiro atoms. The van der Waals surface area contributed by atoms with Gasteiger partial charge in [0.2, 0.25) is 0 Å². The molecule has 0 amide bonds. The maximum absolute atomic E-state index is 10.2. The summed E-state index contributed by atoms with van der Waals surface area (Å²) in [5, 5.41) is 13.4. The summed E-state index contributed by atoms with van der Waals surface area (Å²) in [4.78, 5) is 8.79. The van der Waals surface area contributed by atoms with E-state index < -0.39 is 0 Å². The van der Waals surface area contributed by atoms with Crippen LogP contribution >= 0.6 is 0 Å². The molecule has 1 atom stereocenters. The zero-order chi connectivity index (χ0) is 15.3. The second-order valence-corrected chi connectivity index (χ2v) is 5.62. The Kier molecular flexibility index (Phi) is 6.20. The fraction of sp³-hybridized carbons (Fsp3) is 0.733. The summed E-state index contributed by atoms with van der Waals surface area (Å²) in [6.45, 7) is 10.6. The Morgan fingerprint density at radius 1 is 1.20 bits per heavy atom. The van der Waals surface area contributed by atoms with Gasteiger partial charge in [0, 0.05) is 18.0 Å². The molecule has 20 heavy (non-hydrogen) atoms. The Labute approximate surface area is 122 Å². The van der Waals surface area contributed by atoms with Crippen LogP contribution in [0.4, 0.5) is 11.6 Å². The summed E-state index contributed by atoms with van der Waals surface area (Å²) >= 11 is 0. The molecule has 0 saturated heterocycles. The molecule has 0 aliphatic rings. The number of nitrogens with zero attached hydrogens (tertiary/aromatic N) is 2. The minimum absolute atomic E-state index is 0.224. The van der Waals surface area contributed by atoms with Crippen LogP contribution in [0.5, 0.6) is 0 Å². The van der Waals surface area contributed by atoms with Gasteiger partial charge in [-0.15, -0.1) is 0 Å². The Bertz CT molecular complexity index is 430. The molecule has 5 heteroatoms. The van der Waals surface area contributed by atoms with Gasteiger partial charge in [0.05, 0.1) is 6.10 Å².